The van der Waals surface area contributed by atoms with Gasteiger partial charge in [0.1, 0.15) is 11.6 Å². The molecule has 0 saturated carbocycles. The van der Waals surface area contributed by atoms with Crippen molar-refractivity contribution in [3.8, 4) is 16.9 Å². The number of carbonyl (C=O) groups excluding carboxylic acids is 1. The minimum atomic E-state index is -4.92. The van der Waals surface area contributed by atoms with Gasteiger partial charge in [0.25, 0.3) is 5.91 Å². The Hall–Kier alpha value is -4.22. The molecule has 4 rings (SSSR count). The summed E-state index contributed by atoms with van der Waals surface area (Å²) in [5.74, 6) is -1.80. The van der Waals surface area contributed by atoms with Gasteiger partial charge in [0, 0.05) is 30.1 Å². The number of aryl methyl sites for hydroxylation is 1. The van der Waals surface area contributed by atoms with E-state index in [-0.39, 0.29) is 23.6 Å². The molecule has 0 aliphatic carbocycles. The maximum Gasteiger partial charge on any atom is 0.573 e. The zero-order chi connectivity index (χ0) is 24.5. The molecular weight excluding hydrogens is 456 g/mol. The van der Waals surface area contributed by atoms with Crippen LogP contribution in [0.3, 0.4) is 0 Å². The number of nitrogens with one attached hydrogen (secondary N) is 1. The number of anilines is 1. The van der Waals surface area contributed by atoms with Crippen LogP contribution in [0.4, 0.5) is 23.5 Å². The van der Waals surface area contributed by atoms with Crippen molar-refractivity contribution in [3.05, 3.63) is 71.4 Å². The van der Waals surface area contributed by atoms with E-state index in [4.69, 9.17) is 5.73 Å². The first-order valence-electron chi connectivity index (χ1n) is 10.1. The average Bonchev–Trinajstić information content (AvgIpc) is 3.17. The molecule has 0 unspecified atom stereocenters. The van der Waals surface area contributed by atoms with Gasteiger partial charge in [0.15, 0.2) is 5.65 Å². The topological polar surface area (TPSA) is 107 Å². The lowest BCUT2D eigenvalue weighted by Crippen LogP contribution is -2.25. The molecule has 1 aromatic carbocycles. The highest BCUT2D eigenvalue weighted by Crippen LogP contribution is 2.25. The van der Waals surface area contributed by atoms with Crippen molar-refractivity contribution in [2.45, 2.75) is 26.3 Å². The number of hydrogen-bond donors (Lipinski definition) is 2. The van der Waals surface area contributed by atoms with Crippen molar-refractivity contribution < 1.29 is 27.1 Å². The van der Waals surface area contributed by atoms with Gasteiger partial charge in [-0.1, -0.05) is 6.92 Å². The summed E-state index contributed by atoms with van der Waals surface area (Å²) in [6.45, 7) is 1.47. The van der Waals surface area contributed by atoms with Crippen LogP contribution < -0.4 is 15.8 Å². The zero-order valence-corrected chi connectivity index (χ0v) is 17.7. The lowest BCUT2D eigenvalue weighted by Gasteiger charge is -2.13. The molecule has 1 amide bonds. The molecule has 3 heterocycles. The number of amides is 1. The Labute approximate surface area is 190 Å². The van der Waals surface area contributed by atoms with Crippen LogP contribution in [-0.4, -0.2) is 31.9 Å². The Morgan fingerprint density at radius 1 is 1.18 bits per heavy atom. The molecule has 4 aromatic rings. The molecule has 176 valence electrons. The Kier molecular flexibility index (Phi) is 6.05. The second kappa shape index (κ2) is 8.96. The summed E-state index contributed by atoms with van der Waals surface area (Å²) in [7, 11) is 0. The smallest absolute Gasteiger partial charge is 0.406 e. The molecular formula is C22H18F4N6O2. The van der Waals surface area contributed by atoms with Crippen molar-refractivity contribution >= 4 is 17.5 Å². The molecule has 8 nitrogen and oxygen atoms in total. The predicted octanol–water partition coefficient (Wildman–Crippen LogP) is 3.90. The third-order valence-corrected chi connectivity index (χ3v) is 4.93. The minimum absolute atomic E-state index is 0.119. The van der Waals surface area contributed by atoms with E-state index in [1.54, 1.807) is 30.6 Å². The number of alkyl halides is 3. The number of nitrogens with two attached hydrogens (primary N) is 1. The van der Waals surface area contributed by atoms with Crippen molar-refractivity contribution in [2.24, 2.45) is 0 Å². The van der Waals surface area contributed by atoms with E-state index in [0.717, 1.165) is 18.2 Å². The highest BCUT2D eigenvalue weighted by Gasteiger charge is 2.31. The van der Waals surface area contributed by atoms with E-state index < -0.39 is 23.8 Å². The Balaban J connectivity index is 1.57. The lowest BCUT2D eigenvalue weighted by molar-refractivity contribution is -0.274. The van der Waals surface area contributed by atoms with Crippen LogP contribution in [0.25, 0.3) is 16.8 Å². The summed E-state index contributed by atoms with van der Waals surface area (Å²) in [4.78, 5) is 21.4. The van der Waals surface area contributed by atoms with E-state index >= 15 is 0 Å². The van der Waals surface area contributed by atoms with Gasteiger partial charge < -0.3 is 15.8 Å². The number of carbonyl (C=O) groups is 1. The van der Waals surface area contributed by atoms with Crippen LogP contribution in [0.1, 0.15) is 28.5 Å². The Morgan fingerprint density at radius 2 is 1.97 bits per heavy atom. The lowest BCUT2D eigenvalue weighted by atomic mass is 10.0. The number of ether oxygens (including phenoxy) is 1. The number of rotatable bonds is 6. The summed E-state index contributed by atoms with van der Waals surface area (Å²) in [5.41, 5.74) is 8.06. The van der Waals surface area contributed by atoms with Crippen molar-refractivity contribution in [3.63, 3.8) is 0 Å². The van der Waals surface area contributed by atoms with Gasteiger partial charge >= 0.3 is 6.36 Å². The number of aromatic nitrogens is 4. The maximum atomic E-state index is 14.1. The number of halogens is 4. The van der Waals surface area contributed by atoms with Crippen molar-refractivity contribution in [1.82, 2.24) is 24.9 Å². The maximum absolute atomic E-state index is 14.1. The predicted molar refractivity (Wildman–Crippen MR) is 114 cm³/mol. The molecule has 34 heavy (non-hydrogen) atoms. The van der Waals surface area contributed by atoms with Gasteiger partial charge in [-0.2, -0.15) is 4.98 Å². The molecule has 0 atom stereocenters. The summed E-state index contributed by atoms with van der Waals surface area (Å²) < 4.78 is 56.8. The van der Waals surface area contributed by atoms with Crippen molar-refractivity contribution in [1.29, 1.82) is 0 Å². The van der Waals surface area contributed by atoms with E-state index in [1.165, 1.54) is 4.52 Å². The standard InChI is InChI=1S/C22H18F4N6O2/c1-2-18-16(8-13(10-28-18)12-5-6-32-19(9-12)30-21(27)31-32)20(33)29-11-14-7-15(3-4-17(14)23)34-22(24,25)26/h3-10H,2,11H2,1H3,(H2,27,31)(H,29,33). The van der Waals surface area contributed by atoms with Crippen LogP contribution in [0, 0.1) is 5.82 Å². The largest absolute Gasteiger partial charge is 0.573 e. The molecule has 0 radical (unpaired) electrons. The van der Waals surface area contributed by atoms with E-state index in [9.17, 15) is 22.4 Å². The highest BCUT2D eigenvalue weighted by atomic mass is 19.4. The number of pyridine rings is 2. The normalized spacial score (nSPS) is 11.6. The summed E-state index contributed by atoms with van der Waals surface area (Å²) in [6.07, 6.45) is -1.19. The SMILES string of the molecule is CCc1ncc(-c2ccn3nc(N)nc3c2)cc1C(=O)NCc1cc(OC(F)(F)F)ccc1F. The first-order chi connectivity index (χ1) is 16.1. The first kappa shape index (κ1) is 23.0. The molecule has 3 aromatic heterocycles. The fraction of sp³-hybridized carbons (Fsp3) is 0.182. The fourth-order valence-electron chi connectivity index (χ4n) is 3.36. The second-order valence-corrected chi connectivity index (χ2v) is 7.24. The van der Waals surface area contributed by atoms with Crippen LogP contribution in [0.2, 0.25) is 0 Å². The molecule has 0 aliphatic heterocycles. The third kappa shape index (κ3) is 5.05. The third-order valence-electron chi connectivity index (χ3n) is 4.93. The van der Waals surface area contributed by atoms with Crippen LogP contribution >= 0.6 is 0 Å². The number of nitrogens with zero attached hydrogens (tertiary/aromatic N) is 4. The molecule has 3 N–H and O–H groups in total. The van der Waals surface area contributed by atoms with Crippen molar-refractivity contribution in [2.75, 3.05) is 5.73 Å². The molecule has 0 bridgehead atoms. The molecule has 0 spiro atoms. The Bertz CT molecular complexity index is 1370. The number of nitrogen functional groups attached to an aromatic ring is 1. The summed E-state index contributed by atoms with van der Waals surface area (Å²) >= 11 is 0. The molecule has 0 aliphatic rings. The monoisotopic (exact) mass is 474 g/mol. The van der Waals surface area contributed by atoms with Crippen LogP contribution in [-0.2, 0) is 13.0 Å². The van der Waals surface area contributed by atoms with Gasteiger partial charge in [0.2, 0.25) is 5.95 Å². The number of benzene rings is 1. The molecule has 0 saturated heterocycles. The fourth-order valence-corrected chi connectivity index (χ4v) is 3.36. The van der Waals surface area contributed by atoms with E-state index in [0.29, 0.717) is 28.9 Å². The summed E-state index contributed by atoms with van der Waals surface area (Å²) in [6, 6.07) is 7.71. The van der Waals surface area contributed by atoms with Gasteiger partial charge in [-0.15, -0.1) is 18.3 Å². The molecule has 12 heteroatoms. The van der Waals surface area contributed by atoms with Crippen LogP contribution in [0.5, 0.6) is 5.75 Å². The molecule has 0 fully saturated rings. The van der Waals surface area contributed by atoms with Crippen LogP contribution in [0.15, 0.2) is 48.8 Å². The minimum Gasteiger partial charge on any atom is -0.406 e. The van der Waals surface area contributed by atoms with Gasteiger partial charge in [0.05, 0.1) is 11.3 Å². The van der Waals surface area contributed by atoms with Gasteiger partial charge in [-0.05, 0) is 48.4 Å². The highest BCUT2D eigenvalue weighted by molar-refractivity contribution is 5.96. The van der Waals surface area contributed by atoms with E-state index in [2.05, 4.69) is 25.1 Å². The Morgan fingerprint density at radius 3 is 2.71 bits per heavy atom. The second-order valence-electron chi connectivity index (χ2n) is 7.24. The van der Waals surface area contributed by atoms with Gasteiger partial charge in [-0.25, -0.2) is 8.91 Å². The zero-order valence-electron chi connectivity index (χ0n) is 17.7. The average molecular weight is 474 g/mol. The van der Waals surface area contributed by atoms with Gasteiger partial charge in [-0.3, -0.25) is 9.78 Å². The quantitative estimate of drug-likeness (QED) is 0.411. The van der Waals surface area contributed by atoms with E-state index in [1.807, 2.05) is 6.92 Å². The number of hydrogen-bond acceptors (Lipinski definition) is 6. The first-order valence-corrected chi connectivity index (χ1v) is 10.1. The summed E-state index contributed by atoms with van der Waals surface area (Å²) in [5, 5.41) is 6.54. The number of fused-ring (bicyclic) bond motifs is 1.